The molecule has 0 bridgehead atoms. The van der Waals surface area contributed by atoms with Gasteiger partial charge in [0.1, 0.15) is 35.6 Å². The summed E-state index contributed by atoms with van der Waals surface area (Å²) in [4.78, 5) is 4.38. The molecule has 0 aliphatic rings. The Kier molecular flexibility index (Phi) is 5.17. The minimum absolute atomic E-state index is 0.00225. The van der Waals surface area contributed by atoms with Crippen LogP contribution < -0.4 is 4.74 Å². The van der Waals surface area contributed by atoms with Crippen LogP contribution in [0.15, 0.2) is 52.9 Å². The highest BCUT2D eigenvalue weighted by molar-refractivity contribution is 5.67. The number of nitriles is 1. The van der Waals surface area contributed by atoms with Gasteiger partial charge in [0.15, 0.2) is 5.69 Å². The number of aromatic amines is 1. The Hall–Kier alpha value is -4.13. The van der Waals surface area contributed by atoms with Gasteiger partial charge < -0.3 is 9.15 Å². The minimum Gasteiger partial charge on any atom is -0.487 e. The maximum atomic E-state index is 13.4. The molecule has 0 atom stereocenters. The van der Waals surface area contributed by atoms with E-state index in [4.69, 9.17) is 14.4 Å². The number of benzene rings is 2. The first kappa shape index (κ1) is 20.2. The zero-order chi connectivity index (χ0) is 22.0. The van der Waals surface area contributed by atoms with Crippen LogP contribution in [0.25, 0.3) is 22.7 Å². The average molecular weight is 425 g/mol. The Bertz CT molecular complexity index is 1260. The summed E-state index contributed by atoms with van der Waals surface area (Å²) in [6, 6.07) is 14.1. The fraction of sp³-hybridized carbons (Fsp3) is 0.143. The van der Waals surface area contributed by atoms with E-state index in [2.05, 4.69) is 20.4 Å². The van der Waals surface area contributed by atoms with E-state index in [1.165, 1.54) is 6.07 Å². The maximum Gasteiger partial charge on any atom is 0.416 e. The third-order valence-electron chi connectivity index (χ3n) is 4.45. The summed E-state index contributed by atoms with van der Waals surface area (Å²) in [7, 11) is 0. The second-order valence-corrected chi connectivity index (χ2v) is 6.55. The van der Waals surface area contributed by atoms with E-state index in [-0.39, 0.29) is 29.3 Å². The van der Waals surface area contributed by atoms with Crippen molar-refractivity contribution >= 4 is 0 Å². The summed E-state index contributed by atoms with van der Waals surface area (Å²) in [6.45, 7) is 1.59. The number of nitrogens with one attached hydrogen (secondary N) is 1. The number of alkyl halides is 3. The number of aromatic nitrogens is 4. The standard InChI is InChI=1S/C21H14F3N5O2/c1-12-18(26-20(31-12)13-5-3-2-4-6-13)11-30-16-8-14(7-15(9-16)21(22,23)24)19-17(10-25)27-29-28-19/h2-9H,11H2,1H3,(H,27,28,29). The topological polar surface area (TPSA) is 101 Å². The van der Waals surface area contributed by atoms with Gasteiger partial charge in [-0.15, -0.1) is 5.10 Å². The lowest BCUT2D eigenvalue weighted by Crippen LogP contribution is -2.06. The van der Waals surface area contributed by atoms with Crippen molar-refractivity contribution in [3.63, 3.8) is 0 Å². The highest BCUT2D eigenvalue weighted by Gasteiger charge is 2.32. The molecule has 10 heteroatoms. The van der Waals surface area contributed by atoms with E-state index in [1.54, 1.807) is 13.0 Å². The van der Waals surface area contributed by atoms with Crippen molar-refractivity contribution in [2.24, 2.45) is 0 Å². The summed E-state index contributed by atoms with van der Waals surface area (Å²) in [5, 5.41) is 18.8. The lowest BCUT2D eigenvalue weighted by atomic mass is 10.1. The molecule has 0 spiro atoms. The minimum atomic E-state index is -4.62. The Balaban J connectivity index is 1.64. The molecule has 0 amide bonds. The molecule has 0 saturated carbocycles. The van der Waals surface area contributed by atoms with Crippen LogP contribution in [0.5, 0.6) is 5.75 Å². The second-order valence-electron chi connectivity index (χ2n) is 6.55. The van der Waals surface area contributed by atoms with E-state index < -0.39 is 11.7 Å². The van der Waals surface area contributed by atoms with Crippen LogP contribution in [0.2, 0.25) is 0 Å². The molecule has 0 unspecified atom stereocenters. The summed E-state index contributed by atoms with van der Waals surface area (Å²) in [5.41, 5.74) is 0.225. The number of halogens is 3. The molecule has 2 aromatic carbocycles. The summed E-state index contributed by atoms with van der Waals surface area (Å²) < 4.78 is 51.5. The van der Waals surface area contributed by atoms with Gasteiger partial charge >= 0.3 is 6.18 Å². The van der Waals surface area contributed by atoms with E-state index >= 15 is 0 Å². The maximum absolute atomic E-state index is 13.4. The van der Waals surface area contributed by atoms with E-state index in [9.17, 15) is 13.2 Å². The van der Waals surface area contributed by atoms with Crippen molar-refractivity contribution in [2.75, 3.05) is 0 Å². The van der Waals surface area contributed by atoms with Crippen LogP contribution in [-0.4, -0.2) is 20.4 Å². The van der Waals surface area contributed by atoms with Crippen molar-refractivity contribution in [1.29, 1.82) is 5.26 Å². The number of nitrogens with zero attached hydrogens (tertiary/aromatic N) is 4. The van der Waals surface area contributed by atoms with Crippen molar-refractivity contribution in [3.8, 4) is 34.5 Å². The van der Waals surface area contributed by atoms with Crippen molar-refractivity contribution in [2.45, 2.75) is 19.7 Å². The largest absolute Gasteiger partial charge is 0.487 e. The van der Waals surface area contributed by atoms with Crippen LogP contribution in [0.4, 0.5) is 13.2 Å². The van der Waals surface area contributed by atoms with Gasteiger partial charge in [-0.05, 0) is 37.3 Å². The number of hydrogen-bond acceptors (Lipinski definition) is 6. The van der Waals surface area contributed by atoms with Gasteiger partial charge in [-0.2, -0.15) is 28.7 Å². The quantitative estimate of drug-likeness (QED) is 0.488. The molecule has 0 saturated heterocycles. The van der Waals surface area contributed by atoms with E-state index in [0.29, 0.717) is 17.3 Å². The summed E-state index contributed by atoms with van der Waals surface area (Å²) in [6.07, 6.45) is -4.62. The average Bonchev–Trinajstić information content (AvgIpc) is 3.38. The SMILES string of the molecule is Cc1oc(-c2ccccc2)nc1COc1cc(-c2n[nH]nc2C#N)cc(C(F)(F)F)c1. The van der Waals surface area contributed by atoms with Crippen LogP contribution in [0.1, 0.15) is 22.7 Å². The highest BCUT2D eigenvalue weighted by atomic mass is 19.4. The zero-order valence-electron chi connectivity index (χ0n) is 16.1. The Morgan fingerprint density at radius 2 is 1.87 bits per heavy atom. The van der Waals surface area contributed by atoms with Crippen molar-refractivity contribution in [3.05, 3.63) is 71.2 Å². The molecule has 31 heavy (non-hydrogen) atoms. The third kappa shape index (κ3) is 4.25. The summed E-state index contributed by atoms with van der Waals surface area (Å²) in [5.74, 6) is 0.831. The molecule has 0 radical (unpaired) electrons. The number of H-pyrrole nitrogens is 1. The number of rotatable bonds is 5. The van der Waals surface area contributed by atoms with Gasteiger partial charge in [-0.1, -0.05) is 18.2 Å². The smallest absolute Gasteiger partial charge is 0.416 e. The molecule has 0 aliphatic heterocycles. The summed E-state index contributed by atoms with van der Waals surface area (Å²) >= 11 is 0. The Morgan fingerprint density at radius 3 is 2.58 bits per heavy atom. The first-order valence-electron chi connectivity index (χ1n) is 9.03. The van der Waals surface area contributed by atoms with Crippen LogP contribution in [0.3, 0.4) is 0 Å². The number of ether oxygens (including phenoxy) is 1. The molecule has 4 rings (SSSR count). The van der Waals surface area contributed by atoms with Gasteiger partial charge in [0.05, 0.1) is 5.56 Å². The Morgan fingerprint density at radius 1 is 1.10 bits per heavy atom. The predicted molar refractivity (Wildman–Crippen MR) is 103 cm³/mol. The molecular formula is C21H14F3N5O2. The number of hydrogen-bond donors (Lipinski definition) is 1. The molecule has 7 nitrogen and oxygen atoms in total. The normalized spacial score (nSPS) is 11.3. The fourth-order valence-corrected chi connectivity index (χ4v) is 2.91. The molecule has 0 fully saturated rings. The Labute approximate surface area is 174 Å². The van der Waals surface area contributed by atoms with Crippen LogP contribution in [-0.2, 0) is 12.8 Å². The van der Waals surface area contributed by atoms with E-state index in [0.717, 1.165) is 17.7 Å². The lowest BCUT2D eigenvalue weighted by molar-refractivity contribution is -0.137. The van der Waals surface area contributed by atoms with Crippen LogP contribution >= 0.6 is 0 Å². The monoisotopic (exact) mass is 425 g/mol. The number of aryl methyl sites for hydroxylation is 1. The van der Waals surface area contributed by atoms with Crippen molar-refractivity contribution < 1.29 is 22.3 Å². The lowest BCUT2D eigenvalue weighted by Gasteiger charge is -2.12. The van der Waals surface area contributed by atoms with Gasteiger partial charge in [0, 0.05) is 11.1 Å². The molecular weight excluding hydrogens is 411 g/mol. The number of oxazole rings is 1. The third-order valence-corrected chi connectivity index (χ3v) is 4.45. The first-order chi connectivity index (χ1) is 14.8. The highest BCUT2D eigenvalue weighted by Crippen LogP contribution is 2.36. The first-order valence-corrected chi connectivity index (χ1v) is 9.03. The molecule has 2 heterocycles. The molecule has 1 N–H and O–H groups in total. The van der Waals surface area contributed by atoms with E-state index in [1.807, 2.05) is 30.3 Å². The molecule has 4 aromatic rings. The van der Waals surface area contributed by atoms with Gasteiger partial charge in [0.2, 0.25) is 5.89 Å². The molecule has 2 aromatic heterocycles. The van der Waals surface area contributed by atoms with Crippen LogP contribution in [0, 0.1) is 18.3 Å². The molecule has 0 aliphatic carbocycles. The van der Waals surface area contributed by atoms with Gasteiger partial charge in [-0.3, -0.25) is 0 Å². The molecule has 156 valence electrons. The fourth-order valence-electron chi connectivity index (χ4n) is 2.91. The van der Waals surface area contributed by atoms with Crippen molar-refractivity contribution in [1.82, 2.24) is 20.4 Å². The predicted octanol–water partition coefficient (Wildman–Crippen LogP) is 4.90. The second kappa shape index (κ2) is 7.95. The van der Waals surface area contributed by atoms with Gasteiger partial charge in [-0.25, -0.2) is 4.98 Å². The zero-order valence-corrected chi connectivity index (χ0v) is 16.1. The van der Waals surface area contributed by atoms with Gasteiger partial charge in [0.25, 0.3) is 0 Å².